The highest BCUT2D eigenvalue weighted by atomic mass is 35.5. The van der Waals surface area contributed by atoms with Gasteiger partial charge in [-0.2, -0.15) is 0 Å². The molecule has 0 heterocycles. The van der Waals surface area contributed by atoms with Gasteiger partial charge in [-0.25, -0.2) is 0 Å². The second-order valence-electron chi connectivity index (χ2n) is 4.15. The Hall–Kier alpha value is -2.11. The number of hydrogen-bond acceptors (Lipinski definition) is 4. The maximum Gasteiger partial charge on any atom is 0.269 e. The Kier molecular flexibility index (Phi) is 4.55. The van der Waals surface area contributed by atoms with E-state index in [1.54, 1.807) is 24.3 Å². The molecule has 2 N–H and O–H groups in total. The summed E-state index contributed by atoms with van der Waals surface area (Å²) in [4.78, 5) is 10.3. The van der Waals surface area contributed by atoms with Crippen LogP contribution in [0.15, 0.2) is 42.5 Å². The van der Waals surface area contributed by atoms with Crippen LogP contribution in [0, 0.1) is 10.1 Å². The van der Waals surface area contributed by atoms with Crippen LogP contribution in [-0.4, -0.2) is 4.92 Å². The number of benzene rings is 2. The van der Waals surface area contributed by atoms with Crippen molar-refractivity contribution in [2.24, 2.45) is 5.73 Å². The minimum atomic E-state index is -0.440. The van der Waals surface area contributed by atoms with E-state index in [4.69, 9.17) is 22.1 Å². The van der Waals surface area contributed by atoms with Gasteiger partial charge >= 0.3 is 0 Å². The fourth-order valence-electron chi connectivity index (χ4n) is 1.79. The molecule has 0 bridgehead atoms. The molecule has 5 nitrogen and oxygen atoms in total. The molecule has 0 aliphatic carbocycles. The summed E-state index contributed by atoms with van der Waals surface area (Å²) >= 11 is 6.07. The minimum Gasteiger partial charge on any atom is -0.487 e. The van der Waals surface area contributed by atoms with E-state index in [0.29, 0.717) is 22.9 Å². The monoisotopic (exact) mass is 292 g/mol. The summed E-state index contributed by atoms with van der Waals surface area (Å²) in [5.41, 5.74) is 7.15. The highest BCUT2D eigenvalue weighted by Gasteiger charge is 2.09. The number of nitrogens with two attached hydrogens (primary N) is 1. The maximum atomic E-state index is 10.7. The zero-order valence-electron chi connectivity index (χ0n) is 10.6. The lowest BCUT2D eigenvalue weighted by Crippen LogP contribution is -2.03. The molecule has 6 heteroatoms. The zero-order valence-corrected chi connectivity index (χ0v) is 11.3. The van der Waals surface area contributed by atoms with Crippen LogP contribution in [0.4, 0.5) is 5.69 Å². The summed E-state index contributed by atoms with van der Waals surface area (Å²) in [6.07, 6.45) is 0. The molecule has 0 aliphatic heterocycles. The van der Waals surface area contributed by atoms with Gasteiger partial charge in [0.1, 0.15) is 12.4 Å². The topological polar surface area (TPSA) is 78.4 Å². The molecule has 0 unspecified atom stereocenters. The largest absolute Gasteiger partial charge is 0.487 e. The number of ether oxygens (including phenoxy) is 1. The third-order valence-corrected chi connectivity index (χ3v) is 3.07. The van der Waals surface area contributed by atoms with Crippen molar-refractivity contribution in [3.05, 3.63) is 68.7 Å². The fraction of sp³-hybridized carbons (Fsp3) is 0.143. The van der Waals surface area contributed by atoms with Gasteiger partial charge in [0.15, 0.2) is 0 Å². The van der Waals surface area contributed by atoms with Gasteiger partial charge in [0.05, 0.1) is 9.95 Å². The van der Waals surface area contributed by atoms with Crippen molar-refractivity contribution in [1.29, 1.82) is 0 Å². The molecule has 0 amide bonds. The molecule has 0 saturated carbocycles. The lowest BCUT2D eigenvalue weighted by Gasteiger charge is -2.12. The van der Waals surface area contributed by atoms with Crippen LogP contribution in [0.3, 0.4) is 0 Å². The Morgan fingerprint density at radius 2 is 2.00 bits per heavy atom. The van der Waals surface area contributed by atoms with Crippen molar-refractivity contribution in [2.45, 2.75) is 13.2 Å². The van der Waals surface area contributed by atoms with Crippen LogP contribution in [0.5, 0.6) is 5.75 Å². The standard InChI is InChI=1S/C14H13ClN2O3/c15-13-6-2-4-11(8-16)14(13)20-9-10-3-1-5-12(7-10)17(18)19/h1-7H,8-9,16H2. The molecule has 0 spiro atoms. The predicted octanol–water partition coefficient (Wildman–Crippen LogP) is 3.29. The Labute approximate surface area is 121 Å². The number of hydrogen-bond donors (Lipinski definition) is 1. The van der Waals surface area contributed by atoms with Crippen molar-refractivity contribution < 1.29 is 9.66 Å². The molecule has 104 valence electrons. The molecule has 0 aliphatic rings. The highest BCUT2D eigenvalue weighted by molar-refractivity contribution is 6.32. The fourth-order valence-corrected chi connectivity index (χ4v) is 2.04. The number of nitro groups is 1. The summed E-state index contributed by atoms with van der Waals surface area (Å²) in [6, 6.07) is 11.6. The SMILES string of the molecule is NCc1cccc(Cl)c1OCc1cccc([N+](=O)[O-])c1. The minimum absolute atomic E-state index is 0.0318. The summed E-state index contributed by atoms with van der Waals surface area (Å²) < 4.78 is 5.65. The van der Waals surface area contributed by atoms with Crippen molar-refractivity contribution in [3.8, 4) is 5.75 Å². The maximum absolute atomic E-state index is 10.7. The van der Waals surface area contributed by atoms with Gasteiger partial charge in [0, 0.05) is 24.2 Å². The van der Waals surface area contributed by atoms with Gasteiger partial charge in [-0.1, -0.05) is 35.9 Å². The molecule has 20 heavy (non-hydrogen) atoms. The summed E-state index contributed by atoms with van der Waals surface area (Å²) in [6.45, 7) is 0.503. The van der Waals surface area contributed by atoms with Crippen molar-refractivity contribution in [1.82, 2.24) is 0 Å². The molecule has 2 aromatic carbocycles. The second kappa shape index (κ2) is 6.36. The van der Waals surface area contributed by atoms with Gasteiger partial charge in [0.2, 0.25) is 0 Å². The zero-order chi connectivity index (χ0) is 14.5. The molecular formula is C14H13ClN2O3. The van der Waals surface area contributed by atoms with Crippen molar-refractivity contribution in [2.75, 3.05) is 0 Å². The number of rotatable bonds is 5. The Bertz CT molecular complexity index is 632. The van der Waals surface area contributed by atoms with Gasteiger partial charge in [0.25, 0.3) is 5.69 Å². The Morgan fingerprint density at radius 3 is 2.70 bits per heavy atom. The Balaban J connectivity index is 2.17. The summed E-state index contributed by atoms with van der Waals surface area (Å²) in [7, 11) is 0. The third-order valence-electron chi connectivity index (χ3n) is 2.77. The van der Waals surface area contributed by atoms with Crippen LogP contribution in [0.2, 0.25) is 5.02 Å². The van der Waals surface area contributed by atoms with Crippen molar-refractivity contribution in [3.63, 3.8) is 0 Å². The molecule has 0 saturated heterocycles. The first-order valence-corrected chi connectivity index (χ1v) is 6.33. The lowest BCUT2D eigenvalue weighted by atomic mass is 10.2. The molecule has 2 aromatic rings. The predicted molar refractivity (Wildman–Crippen MR) is 76.8 cm³/mol. The molecule has 2 rings (SSSR count). The van der Waals surface area contributed by atoms with E-state index in [2.05, 4.69) is 0 Å². The molecular weight excluding hydrogens is 280 g/mol. The van der Waals surface area contributed by atoms with E-state index in [0.717, 1.165) is 5.56 Å². The van der Waals surface area contributed by atoms with Gasteiger partial charge < -0.3 is 10.5 Å². The first-order chi connectivity index (χ1) is 9.61. The second-order valence-corrected chi connectivity index (χ2v) is 4.56. The van der Waals surface area contributed by atoms with E-state index >= 15 is 0 Å². The number of nitro benzene ring substituents is 1. The van der Waals surface area contributed by atoms with Crippen LogP contribution < -0.4 is 10.5 Å². The van der Waals surface area contributed by atoms with E-state index in [1.165, 1.54) is 12.1 Å². The first-order valence-electron chi connectivity index (χ1n) is 5.95. The van der Waals surface area contributed by atoms with Crippen LogP contribution in [-0.2, 0) is 13.2 Å². The molecule has 0 aromatic heterocycles. The normalized spacial score (nSPS) is 10.3. The molecule has 0 fully saturated rings. The number of para-hydroxylation sites is 1. The Morgan fingerprint density at radius 1 is 1.25 bits per heavy atom. The first kappa shape index (κ1) is 14.3. The number of non-ortho nitro benzene ring substituents is 1. The lowest BCUT2D eigenvalue weighted by molar-refractivity contribution is -0.384. The van der Waals surface area contributed by atoms with Gasteiger partial charge in [-0.3, -0.25) is 10.1 Å². The highest BCUT2D eigenvalue weighted by Crippen LogP contribution is 2.29. The van der Waals surface area contributed by atoms with Crippen LogP contribution in [0.1, 0.15) is 11.1 Å². The van der Waals surface area contributed by atoms with E-state index in [1.807, 2.05) is 6.07 Å². The summed E-state index contributed by atoms with van der Waals surface area (Å²) in [5, 5.41) is 11.2. The van der Waals surface area contributed by atoms with Crippen molar-refractivity contribution >= 4 is 17.3 Å². The van der Waals surface area contributed by atoms with Gasteiger partial charge in [-0.05, 0) is 11.6 Å². The van der Waals surface area contributed by atoms with Crippen LogP contribution >= 0.6 is 11.6 Å². The average molecular weight is 293 g/mol. The quantitative estimate of drug-likeness (QED) is 0.677. The van der Waals surface area contributed by atoms with Crippen LogP contribution in [0.25, 0.3) is 0 Å². The van der Waals surface area contributed by atoms with E-state index < -0.39 is 4.92 Å². The molecule has 0 atom stereocenters. The van der Waals surface area contributed by atoms with E-state index in [-0.39, 0.29) is 12.3 Å². The molecule has 0 radical (unpaired) electrons. The number of halogens is 1. The number of nitrogens with zero attached hydrogens (tertiary/aromatic N) is 1. The smallest absolute Gasteiger partial charge is 0.269 e. The third kappa shape index (κ3) is 3.26. The van der Waals surface area contributed by atoms with Gasteiger partial charge in [-0.15, -0.1) is 0 Å². The van der Waals surface area contributed by atoms with E-state index in [9.17, 15) is 10.1 Å². The summed E-state index contributed by atoms with van der Waals surface area (Å²) in [5.74, 6) is 0.517. The average Bonchev–Trinajstić information content (AvgIpc) is 2.46.